The van der Waals surface area contributed by atoms with Crippen LogP contribution in [-0.4, -0.2) is 23.2 Å². The Morgan fingerprint density at radius 1 is 1.32 bits per heavy atom. The van der Waals surface area contributed by atoms with Crippen molar-refractivity contribution in [3.8, 4) is 5.82 Å². The number of alkyl halides is 3. The molecular formula is C9H7F3N4O2S. The number of hydrogen-bond donors (Lipinski definition) is 1. The minimum Gasteiger partial charge on any atom is -0.236 e. The summed E-state index contributed by atoms with van der Waals surface area (Å²) in [5.41, 5.74) is -1.02. The molecular weight excluding hydrogens is 285 g/mol. The average molecular weight is 292 g/mol. The predicted octanol–water partition coefficient (Wildman–Crippen LogP) is 0.933. The highest BCUT2D eigenvalue weighted by Gasteiger charge is 2.32. The molecule has 0 radical (unpaired) electrons. The molecule has 0 unspecified atom stereocenters. The molecule has 0 aromatic carbocycles. The van der Waals surface area contributed by atoms with Gasteiger partial charge in [0.25, 0.3) is 0 Å². The van der Waals surface area contributed by atoms with E-state index in [0.29, 0.717) is 17.1 Å². The second-order valence-corrected chi connectivity index (χ2v) is 5.07. The van der Waals surface area contributed by atoms with Crippen LogP contribution >= 0.6 is 0 Å². The van der Waals surface area contributed by atoms with Crippen LogP contribution in [0.15, 0.2) is 35.6 Å². The van der Waals surface area contributed by atoms with Gasteiger partial charge in [-0.1, -0.05) is 0 Å². The molecule has 0 aliphatic carbocycles. The number of halogens is 3. The summed E-state index contributed by atoms with van der Waals surface area (Å²) in [6.07, 6.45) is -2.15. The van der Waals surface area contributed by atoms with Gasteiger partial charge >= 0.3 is 6.18 Å². The molecule has 0 aliphatic rings. The lowest BCUT2D eigenvalue weighted by Gasteiger charge is -2.06. The molecule has 2 aromatic rings. The first kappa shape index (κ1) is 13.5. The van der Waals surface area contributed by atoms with Crippen LogP contribution in [0.25, 0.3) is 5.82 Å². The first-order valence-corrected chi connectivity index (χ1v) is 6.34. The zero-order valence-electron chi connectivity index (χ0n) is 9.16. The Labute approximate surface area is 105 Å². The minimum atomic E-state index is -4.57. The molecule has 10 heteroatoms. The number of nitrogens with zero attached hydrogens (tertiary/aromatic N) is 3. The van der Waals surface area contributed by atoms with Gasteiger partial charge in [0.05, 0.1) is 11.8 Å². The van der Waals surface area contributed by atoms with Crippen molar-refractivity contribution >= 4 is 10.0 Å². The van der Waals surface area contributed by atoms with Crippen LogP contribution < -0.4 is 5.14 Å². The molecule has 0 saturated heterocycles. The third-order valence-electron chi connectivity index (χ3n) is 2.18. The lowest BCUT2D eigenvalue weighted by molar-refractivity contribution is -0.137. The predicted molar refractivity (Wildman–Crippen MR) is 57.7 cm³/mol. The molecule has 0 fully saturated rings. The number of aromatic nitrogens is 3. The van der Waals surface area contributed by atoms with Crippen LogP contribution in [0.5, 0.6) is 0 Å². The van der Waals surface area contributed by atoms with E-state index >= 15 is 0 Å². The van der Waals surface area contributed by atoms with Gasteiger partial charge < -0.3 is 0 Å². The molecule has 0 amide bonds. The molecule has 2 heterocycles. The molecule has 2 aromatic heterocycles. The molecule has 102 valence electrons. The maximum Gasteiger partial charge on any atom is 0.419 e. The van der Waals surface area contributed by atoms with Crippen molar-refractivity contribution in [3.63, 3.8) is 0 Å². The van der Waals surface area contributed by atoms with Crippen LogP contribution in [0.2, 0.25) is 0 Å². The molecule has 0 aliphatic heterocycles. The maximum atomic E-state index is 12.4. The summed E-state index contributed by atoms with van der Waals surface area (Å²) in [5, 5.41) is 8.40. The first-order chi connectivity index (χ1) is 8.69. The lowest BCUT2D eigenvalue weighted by atomic mass is 10.3. The Morgan fingerprint density at radius 2 is 2.00 bits per heavy atom. The lowest BCUT2D eigenvalue weighted by Crippen LogP contribution is -2.16. The van der Waals surface area contributed by atoms with Gasteiger partial charge in [0, 0.05) is 12.4 Å². The van der Waals surface area contributed by atoms with Crippen molar-refractivity contribution in [1.29, 1.82) is 0 Å². The summed E-state index contributed by atoms with van der Waals surface area (Å²) >= 11 is 0. The molecule has 0 bridgehead atoms. The maximum absolute atomic E-state index is 12.4. The van der Waals surface area contributed by atoms with E-state index in [9.17, 15) is 21.6 Å². The standard InChI is InChI=1S/C9H7F3N4O2S/c10-9(11,12)6-4-15-16(5-6)8-7(19(13,17)18)2-1-3-14-8/h1-5H,(H2,13,17,18). The van der Waals surface area contributed by atoms with E-state index in [0.717, 1.165) is 6.07 Å². The van der Waals surface area contributed by atoms with Crippen LogP contribution in [0, 0.1) is 0 Å². The van der Waals surface area contributed by atoms with Crippen LogP contribution in [-0.2, 0) is 16.2 Å². The van der Waals surface area contributed by atoms with Gasteiger partial charge in [0.1, 0.15) is 4.90 Å². The Bertz CT molecular complexity index is 708. The SMILES string of the molecule is NS(=O)(=O)c1cccnc1-n1cc(C(F)(F)F)cn1. The Hall–Kier alpha value is -1.94. The minimum absolute atomic E-state index is 0.291. The fraction of sp³-hybridized carbons (Fsp3) is 0.111. The molecule has 0 atom stereocenters. The molecule has 0 spiro atoms. The van der Waals surface area contributed by atoms with E-state index in [2.05, 4.69) is 10.1 Å². The zero-order chi connectivity index (χ0) is 14.3. The van der Waals surface area contributed by atoms with Gasteiger partial charge in [-0.05, 0) is 12.1 Å². The normalized spacial score (nSPS) is 12.6. The topological polar surface area (TPSA) is 90.9 Å². The number of pyridine rings is 1. The zero-order valence-corrected chi connectivity index (χ0v) is 9.98. The summed E-state index contributed by atoms with van der Waals surface area (Å²) in [5.74, 6) is -0.291. The number of sulfonamides is 1. The van der Waals surface area contributed by atoms with Crippen LogP contribution in [0.4, 0.5) is 13.2 Å². The average Bonchev–Trinajstić information content (AvgIpc) is 2.76. The van der Waals surface area contributed by atoms with Crippen molar-refractivity contribution in [1.82, 2.24) is 14.8 Å². The second-order valence-electron chi connectivity index (χ2n) is 3.54. The third kappa shape index (κ3) is 2.74. The van der Waals surface area contributed by atoms with Crippen molar-refractivity contribution in [2.45, 2.75) is 11.1 Å². The number of hydrogen-bond acceptors (Lipinski definition) is 4. The number of primary sulfonamides is 1. The third-order valence-corrected chi connectivity index (χ3v) is 3.12. The highest BCUT2D eigenvalue weighted by Crippen LogP contribution is 2.29. The highest BCUT2D eigenvalue weighted by molar-refractivity contribution is 7.89. The molecule has 19 heavy (non-hydrogen) atoms. The van der Waals surface area contributed by atoms with Crippen molar-refractivity contribution in [3.05, 3.63) is 36.3 Å². The van der Waals surface area contributed by atoms with E-state index in [-0.39, 0.29) is 5.82 Å². The van der Waals surface area contributed by atoms with Gasteiger partial charge in [0.15, 0.2) is 5.82 Å². The Morgan fingerprint density at radius 3 is 2.53 bits per heavy atom. The van der Waals surface area contributed by atoms with Crippen molar-refractivity contribution in [2.24, 2.45) is 5.14 Å². The van der Waals surface area contributed by atoms with Crippen LogP contribution in [0.1, 0.15) is 5.56 Å². The highest BCUT2D eigenvalue weighted by atomic mass is 32.2. The summed E-state index contributed by atoms with van der Waals surface area (Å²) in [7, 11) is -4.11. The first-order valence-electron chi connectivity index (χ1n) is 4.79. The Balaban J connectivity index is 2.58. The Kier molecular flexibility index (Phi) is 3.06. The summed E-state index contributed by atoms with van der Waals surface area (Å²) in [6.45, 7) is 0. The molecule has 0 saturated carbocycles. The van der Waals surface area contributed by atoms with Gasteiger partial charge in [-0.15, -0.1) is 0 Å². The largest absolute Gasteiger partial charge is 0.419 e. The van der Waals surface area contributed by atoms with Crippen molar-refractivity contribution < 1.29 is 21.6 Å². The molecule has 2 rings (SSSR count). The van der Waals surface area contributed by atoms with Crippen LogP contribution in [0.3, 0.4) is 0 Å². The molecule has 2 N–H and O–H groups in total. The van der Waals surface area contributed by atoms with Gasteiger partial charge in [-0.3, -0.25) is 0 Å². The summed E-state index contributed by atoms with van der Waals surface area (Å²) in [6, 6.07) is 2.43. The fourth-order valence-corrected chi connectivity index (χ4v) is 2.03. The molecule has 6 nitrogen and oxygen atoms in total. The van der Waals surface area contributed by atoms with E-state index in [1.54, 1.807) is 0 Å². The fourth-order valence-electron chi connectivity index (χ4n) is 1.36. The number of nitrogens with two attached hydrogens (primary N) is 1. The smallest absolute Gasteiger partial charge is 0.236 e. The monoisotopic (exact) mass is 292 g/mol. The quantitative estimate of drug-likeness (QED) is 0.891. The van der Waals surface area contributed by atoms with E-state index in [1.807, 2.05) is 0 Å². The number of rotatable bonds is 2. The van der Waals surface area contributed by atoms with Gasteiger partial charge in [0.2, 0.25) is 10.0 Å². The second kappa shape index (κ2) is 4.31. The van der Waals surface area contributed by atoms with E-state index in [1.165, 1.54) is 12.3 Å². The van der Waals surface area contributed by atoms with E-state index < -0.39 is 26.7 Å². The van der Waals surface area contributed by atoms with E-state index in [4.69, 9.17) is 5.14 Å². The van der Waals surface area contributed by atoms with Gasteiger partial charge in [-0.25, -0.2) is 23.2 Å². The summed E-state index contributed by atoms with van der Waals surface area (Å²) < 4.78 is 60.6. The van der Waals surface area contributed by atoms with Crippen molar-refractivity contribution in [2.75, 3.05) is 0 Å². The van der Waals surface area contributed by atoms with Gasteiger partial charge in [-0.2, -0.15) is 18.3 Å². The summed E-state index contributed by atoms with van der Waals surface area (Å²) in [4.78, 5) is 3.27.